The SMILES string of the molecule is c1ccc(-c2c(-c3ccc(C4CCC4)cc3)nc3nc(-c4ccccn4)nn3c2NC2CC2)cc1. The van der Waals surface area contributed by atoms with Crippen LogP contribution in [0.25, 0.3) is 39.7 Å². The second-order valence-corrected chi connectivity index (χ2v) is 9.58. The number of pyridine rings is 1. The molecule has 3 heterocycles. The number of nitrogens with one attached hydrogen (secondary N) is 1. The van der Waals surface area contributed by atoms with E-state index in [1.807, 2.05) is 28.8 Å². The van der Waals surface area contributed by atoms with Gasteiger partial charge < -0.3 is 5.32 Å². The van der Waals surface area contributed by atoms with Gasteiger partial charge >= 0.3 is 0 Å². The van der Waals surface area contributed by atoms with E-state index in [9.17, 15) is 0 Å². The number of rotatable bonds is 6. The summed E-state index contributed by atoms with van der Waals surface area (Å²) in [7, 11) is 0. The standard InChI is InChI=1S/C29H26N6/c1-2-7-21(8-3-1)25-26(22-14-12-20(13-15-22)19-9-6-10-19)32-29-33-27(24-11-4-5-18-30-24)34-35(29)28(25)31-23-16-17-23/h1-5,7-8,11-15,18-19,23,31H,6,9-10,16-17H2. The molecule has 35 heavy (non-hydrogen) atoms. The summed E-state index contributed by atoms with van der Waals surface area (Å²) in [4.78, 5) is 14.3. The van der Waals surface area contributed by atoms with E-state index < -0.39 is 0 Å². The van der Waals surface area contributed by atoms with Crippen LogP contribution in [0.15, 0.2) is 79.0 Å². The van der Waals surface area contributed by atoms with Crippen molar-refractivity contribution < 1.29 is 0 Å². The van der Waals surface area contributed by atoms with Crippen LogP contribution in [-0.2, 0) is 0 Å². The van der Waals surface area contributed by atoms with Crippen LogP contribution in [0.2, 0.25) is 0 Å². The van der Waals surface area contributed by atoms with E-state index in [1.165, 1.54) is 24.8 Å². The largest absolute Gasteiger partial charge is 0.367 e. The van der Waals surface area contributed by atoms with E-state index in [4.69, 9.17) is 15.1 Å². The number of benzene rings is 2. The van der Waals surface area contributed by atoms with Gasteiger partial charge in [-0.2, -0.15) is 9.50 Å². The Morgan fingerprint density at radius 1 is 0.771 bits per heavy atom. The van der Waals surface area contributed by atoms with E-state index in [0.717, 1.165) is 46.7 Å². The highest BCUT2D eigenvalue weighted by Crippen LogP contribution is 2.41. The van der Waals surface area contributed by atoms with Crippen molar-refractivity contribution >= 4 is 11.6 Å². The predicted octanol–water partition coefficient (Wildman–Crippen LogP) is 6.36. The number of aromatic nitrogens is 5. The van der Waals surface area contributed by atoms with Crippen molar-refractivity contribution in [1.29, 1.82) is 0 Å². The second-order valence-electron chi connectivity index (χ2n) is 9.58. The lowest BCUT2D eigenvalue weighted by Crippen LogP contribution is -2.11. The fraction of sp³-hybridized carbons (Fsp3) is 0.241. The lowest BCUT2D eigenvalue weighted by molar-refractivity contribution is 0.420. The third-order valence-corrected chi connectivity index (χ3v) is 7.12. The maximum Gasteiger partial charge on any atom is 0.255 e. The number of fused-ring (bicyclic) bond motifs is 1. The zero-order valence-electron chi connectivity index (χ0n) is 19.4. The monoisotopic (exact) mass is 458 g/mol. The Bertz CT molecular complexity index is 1480. The third-order valence-electron chi connectivity index (χ3n) is 7.12. The van der Waals surface area contributed by atoms with Gasteiger partial charge in [0.05, 0.1) is 11.3 Å². The molecule has 5 aromatic rings. The summed E-state index contributed by atoms with van der Waals surface area (Å²) in [5, 5.41) is 8.61. The number of hydrogen-bond acceptors (Lipinski definition) is 5. The summed E-state index contributed by atoms with van der Waals surface area (Å²) in [5.41, 5.74) is 6.35. The highest BCUT2D eigenvalue weighted by Gasteiger charge is 2.28. The molecule has 0 radical (unpaired) electrons. The van der Waals surface area contributed by atoms with Gasteiger partial charge in [-0.3, -0.25) is 4.98 Å². The lowest BCUT2D eigenvalue weighted by Gasteiger charge is -2.26. The van der Waals surface area contributed by atoms with Crippen molar-refractivity contribution in [2.75, 3.05) is 5.32 Å². The van der Waals surface area contributed by atoms with Crippen molar-refractivity contribution in [3.8, 4) is 33.9 Å². The zero-order valence-corrected chi connectivity index (χ0v) is 19.4. The second kappa shape index (κ2) is 8.31. The van der Waals surface area contributed by atoms with Gasteiger partial charge in [0.15, 0.2) is 0 Å². The first-order valence-electron chi connectivity index (χ1n) is 12.5. The summed E-state index contributed by atoms with van der Waals surface area (Å²) in [6.07, 6.45) is 8.01. The van der Waals surface area contributed by atoms with E-state index in [2.05, 4.69) is 58.8 Å². The molecule has 7 rings (SSSR count). The fourth-order valence-electron chi connectivity index (χ4n) is 4.80. The Kier molecular flexibility index (Phi) is 4.82. The van der Waals surface area contributed by atoms with Crippen molar-refractivity contribution in [2.24, 2.45) is 0 Å². The molecule has 3 aromatic heterocycles. The molecule has 0 atom stereocenters. The molecular weight excluding hydrogens is 432 g/mol. The fourth-order valence-corrected chi connectivity index (χ4v) is 4.80. The highest BCUT2D eigenvalue weighted by molar-refractivity contribution is 5.90. The topological polar surface area (TPSA) is 68.0 Å². The highest BCUT2D eigenvalue weighted by atomic mass is 15.4. The molecule has 0 bridgehead atoms. The van der Waals surface area contributed by atoms with Gasteiger partial charge in [-0.05, 0) is 54.9 Å². The summed E-state index contributed by atoms with van der Waals surface area (Å²) in [6.45, 7) is 0. The van der Waals surface area contributed by atoms with Crippen LogP contribution in [0.4, 0.5) is 5.82 Å². The van der Waals surface area contributed by atoms with Crippen molar-refractivity contribution in [3.63, 3.8) is 0 Å². The van der Waals surface area contributed by atoms with Crippen LogP contribution in [-0.4, -0.2) is 30.6 Å². The summed E-state index contributed by atoms with van der Waals surface area (Å²) >= 11 is 0. The van der Waals surface area contributed by atoms with Gasteiger partial charge in [-0.15, -0.1) is 5.10 Å². The lowest BCUT2D eigenvalue weighted by atomic mass is 9.80. The molecular formula is C29H26N6. The van der Waals surface area contributed by atoms with Crippen molar-refractivity contribution in [3.05, 3.63) is 84.6 Å². The first-order chi connectivity index (χ1) is 17.3. The Hall–Kier alpha value is -4.06. The van der Waals surface area contributed by atoms with Crippen molar-refractivity contribution in [2.45, 2.75) is 44.1 Å². The first kappa shape index (κ1) is 20.3. The van der Waals surface area contributed by atoms with E-state index in [-0.39, 0.29) is 0 Å². The number of nitrogens with zero attached hydrogens (tertiary/aromatic N) is 5. The van der Waals surface area contributed by atoms with E-state index in [1.54, 1.807) is 6.20 Å². The molecule has 2 fully saturated rings. The summed E-state index contributed by atoms with van der Waals surface area (Å²) in [6, 6.07) is 25.7. The molecule has 6 nitrogen and oxygen atoms in total. The molecule has 1 N–H and O–H groups in total. The van der Waals surface area contributed by atoms with E-state index >= 15 is 0 Å². The van der Waals surface area contributed by atoms with Crippen LogP contribution in [0.1, 0.15) is 43.6 Å². The Balaban J connectivity index is 1.46. The maximum atomic E-state index is 5.09. The first-order valence-corrected chi connectivity index (χ1v) is 12.5. The Labute approximate surface area is 204 Å². The number of hydrogen-bond donors (Lipinski definition) is 1. The Morgan fingerprint density at radius 3 is 2.26 bits per heavy atom. The maximum absolute atomic E-state index is 5.09. The molecule has 0 unspecified atom stereocenters. The average molecular weight is 459 g/mol. The van der Waals surface area contributed by atoms with Crippen LogP contribution >= 0.6 is 0 Å². The molecule has 2 aliphatic rings. The molecule has 0 amide bonds. The molecule has 0 aliphatic heterocycles. The molecule has 2 aliphatic carbocycles. The van der Waals surface area contributed by atoms with Gasteiger partial charge in [-0.1, -0.05) is 67.1 Å². The van der Waals surface area contributed by atoms with Gasteiger partial charge in [-0.25, -0.2) is 4.98 Å². The van der Waals surface area contributed by atoms with E-state index in [0.29, 0.717) is 23.6 Å². The minimum absolute atomic E-state index is 0.444. The normalized spacial score (nSPS) is 15.8. The van der Waals surface area contributed by atoms with Crippen LogP contribution in [0.5, 0.6) is 0 Å². The van der Waals surface area contributed by atoms with Crippen LogP contribution in [0, 0.1) is 0 Å². The third kappa shape index (κ3) is 3.75. The molecule has 0 saturated heterocycles. The van der Waals surface area contributed by atoms with Gasteiger partial charge in [0.2, 0.25) is 5.82 Å². The van der Waals surface area contributed by atoms with Gasteiger partial charge in [0.1, 0.15) is 11.5 Å². The quantitative estimate of drug-likeness (QED) is 0.321. The van der Waals surface area contributed by atoms with Gasteiger partial charge in [0, 0.05) is 17.8 Å². The molecule has 172 valence electrons. The minimum atomic E-state index is 0.444. The van der Waals surface area contributed by atoms with Crippen molar-refractivity contribution in [1.82, 2.24) is 24.6 Å². The molecule has 2 saturated carbocycles. The molecule has 0 spiro atoms. The smallest absolute Gasteiger partial charge is 0.255 e. The van der Waals surface area contributed by atoms with Gasteiger partial charge in [0.25, 0.3) is 5.78 Å². The average Bonchev–Trinajstić information content (AvgIpc) is 3.59. The molecule has 6 heteroatoms. The summed E-state index contributed by atoms with van der Waals surface area (Å²) in [5.74, 6) is 2.80. The Morgan fingerprint density at radius 2 is 1.57 bits per heavy atom. The molecule has 2 aromatic carbocycles. The number of anilines is 1. The zero-order chi connectivity index (χ0) is 23.2. The van der Waals surface area contributed by atoms with Crippen LogP contribution in [0.3, 0.4) is 0 Å². The predicted molar refractivity (Wildman–Crippen MR) is 138 cm³/mol. The van der Waals surface area contributed by atoms with Crippen LogP contribution < -0.4 is 5.32 Å². The summed E-state index contributed by atoms with van der Waals surface area (Å²) < 4.78 is 1.86. The minimum Gasteiger partial charge on any atom is -0.367 e.